The Morgan fingerprint density at radius 3 is 2.72 bits per heavy atom. The molecule has 0 aliphatic carbocycles. The van der Waals surface area contributed by atoms with E-state index in [-0.39, 0.29) is 5.69 Å². The van der Waals surface area contributed by atoms with Gasteiger partial charge in [0.2, 0.25) is 0 Å². The van der Waals surface area contributed by atoms with E-state index in [0.29, 0.717) is 16.5 Å². The highest BCUT2D eigenvalue weighted by molar-refractivity contribution is 6.33. The van der Waals surface area contributed by atoms with Crippen molar-refractivity contribution in [3.63, 3.8) is 0 Å². The lowest BCUT2D eigenvalue weighted by Gasteiger charge is -2.34. The molecule has 1 fully saturated rings. The number of rotatable bonds is 4. The Kier molecular flexibility index (Phi) is 5.20. The van der Waals surface area contributed by atoms with Gasteiger partial charge in [-0.1, -0.05) is 17.7 Å². The van der Waals surface area contributed by atoms with Crippen molar-refractivity contribution in [2.75, 3.05) is 18.0 Å². The van der Waals surface area contributed by atoms with Crippen molar-refractivity contribution in [1.82, 2.24) is 0 Å². The molecule has 1 radical (unpaired) electrons. The third-order valence-electron chi connectivity index (χ3n) is 4.60. The second kappa shape index (κ2) is 7.54. The SMILES string of the molecule is N#Cc1cc[c]c(CC2CCN(c3ccc([N+](=O)[O-])cc3Cl)CC2)c1. The zero-order chi connectivity index (χ0) is 17.8. The average Bonchev–Trinajstić information content (AvgIpc) is 2.62. The van der Waals surface area contributed by atoms with Crippen molar-refractivity contribution in [2.45, 2.75) is 19.3 Å². The zero-order valence-corrected chi connectivity index (χ0v) is 14.4. The molecule has 0 saturated carbocycles. The number of nitro groups is 1. The number of hydrogen-bond acceptors (Lipinski definition) is 4. The molecule has 0 atom stereocenters. The zero-order valence-electron chi connectivity index (χ0n) is 13.6. The normalized spacial score (nSPS) is 15.0. The first kappa shape index (κ1) is 17.2. The van der Waals surface area contributed by atoms with Gasteiger partial charge in [0, 0.05) is 25.2 Å². The van der Waals surface area contributed by atoms with Gasteiger partial charge in [-0.2, -0.15) is 5.26 Å². The molecular weight excluding hydrogens is 338 g/mol. The molecule has 1 aliphatic heterocycles. The molecule has 0 unspecified atom stereocenters. The van der Waals surface area contributed by atoms with Gasteiger partial charge in [0.15, 0.2) is 0 Å². The molecule has 0 amide bonds. The lowest BCUT2D eigenvalue weighted by atomic mass is 9.89. The van der Waals surface area contributed by atoms with Crippen LogP contribution in [0.5, 0.6) is 0 Å². The van der Waals surface area contributed by atoms with E-state index in [1.54, 1.807) is 18.2 Å². The van der Waals surface area contributed by atoms with E-state index in [1.165, 1.54) is 12.1 Å². The molecule has 0 bridgehead atoms. The maximum atomic E-state index is 10.8. The summed E-state index contributed by atoms with van der Waals surface area (Å²) in [6.07, 6.45) is 2.94. The predicted molar refractivity (Wildman–Crippen MR) is 96.7 cm³/mol. The summed E-state index contributed by atoms with van der Waals surface area (Å²) in [5.41, 5.74) is 2.61. The molecule has 5 nitrogen and oxygen atoms in total. The molecule has 2 aromatic carbocycles. The maximum Gasteiger partial charge on any atom is 0.271 e. The Morgan fingerprint density at radius 2 is 2.08 bits per heavy atom. The molecule has 3 rings (SSSR count). The number of halogens is 1. The standard InChI is InChI=1S/C19H17ClN3O2/c20-18-12-17(23(24)25)4-5-19(18)22-8-6-14(7-9-22)10-15-2-1-3-16(11-15)13-21/h1,3-5,11-12,14H,6-10H2. The summed E-state index contributed by atoms with van der Waals surface area (Å²) >= 11 is 6.22. The van der Waals surface area contributed by atoms with Crippen molar-refractivity contribution in [3.05, 3.63) is 68.7 Å². The van der Waals surface area contributed by atoms with E-state index < -0.39 is 4.92 Å². The van der Waals surface area contributed by atoms with Crippen LogP contribution in [-0.4, -0.2) is 18.0 Å². The summed E-state index contributed by atoms with van der Waals surface area (Å²) in [7, 11) is 0. The fraction of sp³-hybridized carbons (Fsp3) is 0.316. The number of nitriles is 1. The van der Waals surface area contributed by atoms with Crippen LogP contribution in [0.3, 0.4) is 0 Å². The van der Waals surface area contributed by atoms with Crippen LogP contribution < -0.4 is 4.90 Å². The largest absolute Gasteiger partial charge is 0.370 e. The van der Waals surface area contributed by atoms with E-state index in [2.05, 4.69) is 17.0 Å². The minimum Gasteiger partial charge on any atom is -0.370 e. The summed E-state index contributed by atoms with van der Waals surface area (Å²) in [4.78, 5) is 12.6. The van der Waals surface area contributed by atoms with Crippen molar-refractivity contribution in [2.24, 2.45) is 5.92 Å². The molecule has 6 heteroatoms. The quantitative estimate of drug-likeness (QED) is 0.603. The molecule has 0 N–H and O–H groups in total. The van der Waals surface area contributed by atoms with Crippen LogP contribution in [0.4, 0.5) is 11.4 Å². The van der Waals surface area contributed by atoms with Gasteiger partial charge < -0.3 is 4.90 Å². The summed E-state index contributed by atoms with van der Waals surface area (Å²) in [6.45, 7) is 1.72. The fourth-order valence-electron chi connectivity index (χ4n) is 3.26. The molecule has 1 saturated heterocycles. The van der Waals surface area contributed by atoms with Gasteiger partial charge >= 0.3 is 0 Å². The van der Waals surface area contributed by atoms with Crippen LogP contribution in [-0.2, 0) is 6.42 Å². The number of nitrogens with zero attached hydrogens (tertiary/aromatic N) is 3. The van der Waals surface area contributed by atoms with E-state index in [4.69, 9.17) is 16.9 Å². The average molecular weight is 355 g/mol. The number of hydrogen-bond donors (Lipinski definition) is 0. The molecule has 127 valence electrons. The van der Waals surface area contributed by atoms with Gasteiger partial charge in [-0.25, -0.2) is 0 Å². The number of nitro benzene ring substituents is 1. The van der Waals surface area contributed by atoms with Gasteiger partial charge in [-0.3, -0.25) is 10.1 Å². The molecule has 2 aromatic rings. The first-order valence-corrected chi connectivity index (χ1v) is 8.54. The first-order chi connectivity index (χ1) is 12.1. The topological polar surface area (TPSA) is 70.2 Å². The van der Waals surface area contributed by atoms with Crippen LogP contribution >= 0.6 is 11.6 Å². The van der Waals surface area contributed by atoms with Gasteiger partial charge in [-0.15, -0.1) is 0 Å². The van der Waals surface area contributed by atoms with Crippen molar-refractivity contribution >= 4 is 23.0 Å². The van der Waals surface area contributed by atoms with Crippen molar-refractivity contribution in [1.29, 1.82) is 5.26 Å². The predicted octanol–water partition coefficient (Wildman–Crippen LogP) is 4.38. The van der Waals surface area contributed by atoms with Crippen LogP contribution in [0.15, 0.2) is 36.4 Å². The lowest BCUT2D eigenvalue weighted by molar-refractivity contribution is -0.384. The second-order valence-corrected chi connectivity index (χ2v) is 6.65. The third kappa shape index (κ3) is 4.09. The monoisotopic (exact) mass is 354 g/mol. The van der Waals surface area contributed by atoms with Crippen LogP contribution in [0.2, 0.25) is 5.02 Å². The molecule has 0 aromatic heterocycles. The van der Waals surface area contributed by atoms with Crippen LogP contribution in [0, 0.1) is 33.4 Å². The third-order valence-corrected chi connectivity index (χ3v) is 4.90. The number of piperidine rings is 1. The second-order valence-electron chi connectivity index (χ2n) is 6.24. The lowest BCUT2D eigenvalue weighted by Crippen LogP contribution is -2.34. The Labute approximate surface area is 151 Å². The Bertz CT molecular complexity index is 824. The molecule has 25 heavy (non-hydrogen) atoms. The van der Waals surface area contributed by atoms with Crippen molar-refractivity contribution < 1.29 is 4.92 Å². The van der Waals surface area contributed by atoms with Gasteiger partial charge in [0.1, 0.15) is 0 Å². The smallest absolute Gasteiger partial charge is 0.271 e. The molecular formula is C19H17ClN3O2. The van der Waals surface area contributed by atoms with Crippen molar-refractivity contribution in [3.8, 4) is 6.07 Å². The van der Waals surface area contributed by atoms with Gasteiger partial charge in [-0.05, 0) is 55.0 Å². The van der Waals surface area contributed by atoms with Gasteiger partial charge in [0.05, 0.1) is 27.3 Å². The highest BCUT2D eigenvalue weighted by Gasteiger charge is 2.22. The summed E-state index contributed by atoms with van der Waals surface area (Å²) in [5.74, 6) is 0.540. The first-order valence-electron chi connectivity index (χ1n) is 8.16. The number of non-ortho nitro benzene ring substituents is 1. The highest BCUT2D eigenvalue weighted by Crippen LogP contribution is 2.33. The van der Waals surface area contributed by atoms with E-state index in [0.717, 1.165) is 43.6 Å². The highest BCUT2D eigenvalue weighted by atomic mass is 35.5. The summed E-state index contributed by atoms with van der Waals surface area (Å²) in [6, 6.07) is 15.5. The molecule has 1 aliphatic rings. The summed E-state index contributed by atoms with van der Waals surface area (Å²) in [5, 5.41) is 20.2. The minimum absolute atomic E-state index is 0.0107. The van der Waals surface area contributed by atoms with E-state index >= 15 is 0 Å². The Balaban J connectivity index is 1.62. The number of anilines is 1. The fourth-order valence-corrected chi connectivity index (χ4v) is 3.55. The van der Waals surface area contributed by atoms with E-state index in [9.17, 15) is 10.1 Å². The minimum atomic E-state index is -0.437. The number of benzene rings is 2. The molecule has 1 heterocycles. The maximum absolute atomic E-state index is 10.8. The van der Waals surface area contributed by atoms with Crippen LogP contribution in [0.1, 0.15) is 24.0 Å². The molecule has 0 spiro atoms. The Hall–Kier alpha value is -2.58. The van der Waals surface area contributed by atoms with Crippen LogP contribution in [0.25, 0.3) is 0 Å². The van der Waals surface area contributed by atoms with E-state index in [1.807, 2.05) is 6.07 Å². The summed E-state index contributed by atoms with van der Waals surface area (Å²) < 4.78 is 0. The Morgan fingerprint density at radius 1 is 1.32 bits per heavy atom. The van der Waals surface area contributed by atoms with Gasteiger partial charge in [0.25, 0.3) is 5.69 Å².